The van der Waals surface area contributed by atoms with Crippen molar-refractivity contribution in [3.8, 4) is 0 Å². The number of hydrogen-bond donors (Lipinski definition) is 2. The molecule has 1 heterocycles. The molecule has 5 nitrogen and oxygen atoms in total. The predicted molar refractivity (Wildman–Crippen MR) is 76.8 cm³/mol. The number of carboxylic acids is 1. The van der Waals surface area contributed by atoms with E-state index in [0.29, 0.717) is 31.4 Å². The number of thioether (sulfide) groups is 1. The lowest BCUT2D eigenvalue weighted by Crippen LogP contribution is -2.38. The van der Waals surface area contributed by atoms with Crippen molar-refractivity contribution in [1.82, 2.24) is 5.32 Å². The molecule has 0 saturated heterocycles. The van der Waals surface area contributed by atoms with Crippen molar-refractivity contribution in [2.24, 2.45) is 5.92 Å². The molecule has 2 N–H and O–H groups in total. The number of carboxylic acid groups (broad SMARTS) is 1. The van der Waals surface area contributed by atoms with E-state index in [4.69, 9.17) is 9.52 Å². The number of rotatable bonds is 5. The van der Waals surface area contributed by atoms with Gasteiger partial charge < -0.3 is 14.8 Å². The Kier molecular flexibility index (Phi) is 5.11. The molecule has 2 rings (SSSR count). The number of carbonyl (C=O) groups is 2. The van der Waals surface area contributed by atoms with Crippen molar-refractivity contribution in [3.05, 3.63) is 23.7 Å². The Morgan fingerprint density at radius 2 is 2.05 bits per heavy atom. The Labute approximate surface area is 122 Å². The molecule has 0 aliphatic heterocycles. The zero-order valence-corrected chi connectivity index (χ0v) is 12.2. The maximum Gasteiger partial charge on any atom is 0.306 e. The highest BCUT2D eigenvalue weighted by Gasteiger charge is 2.27. The standard InChI is InChI=1S/C14H19NO4S/c1-20-8-11-6-7-12(19-11)13(16)15-10-4-2-9(3-5-10)14(17)18/h6-7,9-10H,2-5,8H2,1H3,(H,15,16)(H,17,18). The zero-order chi connectivity index (χ0) is 14.5. The van der Waals surface area contributed by atoms with E-state index in [1.165, 1.54) is 0 Å². The minimum Gasteiger partial charge on any atom is -0.481 e. The van der Waals surface area contributed by atoms with Gasteiger partial charge in [-0.25, -0.2) is 0 Å². The van der Waals surface area contributed by atoms with E-state index in [0.717, 1.165) is 11.5 Å². The Hall–Kier alpha value is -1.43. The van der Waals surface area contributed by atoms with Crippen LogP contribution >= 0.6 is 11.8 Å². The van der Waals surface area contributed by atoms with Crippen molar-refractivity contribution in [2.75, 3.05) is 6.26 Å². The first-order valence-electron chi connectivity index (χ1n) is 6.71. The number of hydrogen-bond acceptors (Lipinski definition) is 4. The van der Waals surface area contributed by atoms with Crippen LogP contribution in [-0.4, -0.2) is 29.3 Å². The number of aliphatic carboxylic acids is 1. The Balaban J connectivity index is 1.84. The zero-order valence-electron chi connectivity index (χ0n) is 11.4. The van der Waals surface area contributed by atoms with Crippen LogP contribution in [0.2, 0.25) is 0 Å². The van der Waals surface area contributed by atoms with E-state index in [9.17, 15) is 9.59 Å². The van der Waals surface area contributed by atoms with Crippen molar-refractivity contribution < 1.29 is 19.1 Å². The molecule has 1 aromatic rings. The Bertz CT molecular complexity index is 477. The van der Waals surface area contributed by atoms with Gasteiger partial charge >= 0.3 is 5.97 Å². The van der Waals surface area contributed by atoms with Crippen molar-refractivity contribution in [2.45, 2.75) is 37.5 Å². The van der Waals surface area contributed by atoms with Crippen LogP contribution in [0.25, 0.3) is 0 Å². The minimum atomic E-state index is -0.734. The summed E-state index contributed by atoms with van der Waals surface area (Å²) in [5.41, 5.74) is 0. The fourth-order valence-corrected chi connectivity index (χ4v) is 2.90. The lowest BCUT2D eigenvalue weighted by molar-refractivity contribution is -0.142. The third-order valence-electron chi connectivity index (χ3n) is 3.58. The summed E-state index contributed by atoms with van der Waals surface area (Å²) in [7, 11) is 0. The molecular weight excluding hydrogens is 278 g/mol. The maximum absolute atomic E-state index is 12.0. The molecule has 0 aromatic carbocycles. The summed E-state index contributed by atoms with van der Waals surface area (Å²) in [6, 6.07) is 3.54. The summed E-state index contributed by atoms with van der Waals surface area (Å²) in [5.74, 6) is 0.655. The quantitative estimate of drug-likeness (QED) is 0.873. The van der Waals surface area contributed by atoms with Gasteiger partial charge in [0.05, 0.1) is 11.7 Å². The van der Waals surface area contributed by atoms with E-state index < -0.39 is 5.97 Å². The molecular formula is C14H19NO4S. The van der Waals surface area contributed by atoms with Crippen LogP contribution in [0, 0.1) is 5.92 Å². The Morgan fingerprint density at radius 3 is 2.65 bits per heavy atom. The molecule has 1 aromatic heterocycles. The van der Waals surface area contributed by atoms with Crippen molar-refractivity contribution >= 4 is 23.6 Å². The van der Waals surface area contributed by atoms with E-state index >= 15 is 0 Å². The molecule has 0 unspecified atom stereocenters. The largest absolute Gasteiger partial charge is 0.481 e. The highest BCUT2D eigenvalue weighted by Crippen LogP contribution is 2.24. The lowest BCUT2D eigenvalue weighted by Gasteiger charge is -2.26. The highest BCUT2D eigenvalue weighted by molar-refractivity contribution is 7.97. The number of furan rings is 1. The molecule has 1 saturated carbocycles. The molecule has 1 aliphatic carbocycles. The van der Waals surface area contributed by atoms with Crippen LogP contribution in [-0.2, 0) is 10.5 Å². The molecule has 1 amide bonds. The summed E-state index contributed by atoms with van der Waals surface area (Å²) in [4.78, 5) is 22.9. The molecule has 0 radical (unpaired) electrons. The van der Waals surface area contributed by atoms with Crippen LogP contribution < -0.4 is 5.32 Å². The van der Waals surface area contributed by atoms with Gasteiger partial charge in [0.25, 0.3) is 5.91 Å². The first-order chi connectivity index (χ1) is 9.60. The second kappa shape index (κ2) is 6.83. The minimum absolute atomic E-state index is 0.0483. The maximum atomic E-state index is 12.0. The lowest BCUT2D eigenvalue weighted by atomic mass is 9.86. The SMILES string of the molecule is CSCc1ccc(C(=O)NC2CCC(C(=O)O)CC2)o1. The molecule has 0 bridgehead atoms. The molecule has 6 heteroatoms. The van der Waals surface area contributed by atoms with Gasteiger partial charge in [-0.3, -0.25) is 9.59 Å². The molecule has 20 heavy (non-hydrogen) atoms. The highest BCUT2D eigenvalue weighted by atomic mass is 32.2. The van der Waals surface area contributed by atoms with Gasteiger partial charge in [-0.2, -0.15) is 11.8 Å². The topological polar surface area (TPSA) is 79.5 Å². The normalized spacial score (nSPS) is 22.4. The molecule has 0 atom stereocenters. The summed E-state index contributed by atoms with van der Waals surface area (Å²) in [6.45, 7) is 0. The van der Waals surface area contributed by atoms with Crippen LogP contribution in [0.3, 0.4) is 0 Å². The van der Waals surface area contributed by atoms with Gasteiger partial charge in [0.1, 0.15) is 5.76 Å². The Morgan fingerprint density at radius 1 is 1.35 bits per heavy atom. The predicted octanol–water partition coefficient (Wildman–Crippen LogP) is 2.52. The fraction of sp³-hybridized carbons (Fsp3) is 0.571. The van der Waals surface area contributed by atoms with Crippen molar-refractivity contribution in [3.63, 3.8) is 0 Å². The van der Waals surface area contributed by atoms with Gasteiger partial charge in [-0.05, 0) is 44.1 Å². The summed E-state index contributed by atoms with van der Waals surface area (Å²) in [5, 5.41) is 11.9. The summed E-state index contributed by atoms with van der Waals surface area (Å²) >= 11 is 1.64. The van der Waals surface area contributed by atoms with Crippen LogP contribution in [0.5, 0.6) is 0 Å². The first-order valence-corrected chi connectivity index (χ1v) is 8.11. The molecule has 1 aliphatic rings. The third-order valence-corrected chi connectivity index (χ3v) is 4.16. The van der Waals surface area contributed by atoms with Gasteiger partial charge in [0, 0.05) is 6.04 Å². The number of carbonyl (C=O) groups excluding carboxylic acids is 1. The van der Waals surface area contributed by atoms with Gasteiger partial charge in [0.15, 0.2) is 5.76 Å². The van der Waals surface area contributed by atoms with Crippen molar-refractivity contribution in [1.29, 1.82) is 0 Å². The van der Waals surface area contributed by atoms with Crippen LogP contribution in [0.15, 0.2) is 16.5 Å². The first kappa shape index (κ1) is 15.0. The molecule has 0 spiro atoms. The average molecular weight is 297 g/mol. The van der Waals surface area contributed by atoms with Gasteiger partial charge in [-0.15, -0.1) is 0 Å². The van der Waals surface area contributed by atoms with E-state index in [1.54, 1.807) is 17.8 Å². The van der Waals surface area contributed by atoms with E-state index in [2.05, 4.69) is 5.32 Å². The number of amides is 1. The van der Waals surface area contributed by atoms with Crippen LogP contribution in [0.1, 0.15) is 42.0 Å². The summed E-state index contributed by atoms with van der Waals surface area (Å²) < 4.78 is 5.46. The van der Waals surface area contributed by atoms with E-state index in [-0.39, 0.29) is 17.9 Å². The van der Waals surface area contributed by atoms with E-state index in [1.807, 2.05) is 12.3 Å². The second-order valence-corrected chi connectivity index (χ2v) is 5.93. The molecule has 1 fully saturated rings. The third kappa shape index (κ3) is 3.79. The van der Waals surface area contributed by atoms with Crippen LogP contribution in [0.4, 0.5) is 0 Å². The van der Waals surface area contributed by atoms with Gasteiger partial charge in [0.2, 0.25) is 0 Å². The second-order valence-electron chi connectivity index (χ2n) is 5.06. The smallest absolute Gasteiger partial charge is 0.306 e. The average Bonchev–Trinajstić information content (AvgIpc) is 2.88. The fourth-order valence-electron chi connectivity index (χ4n) is 2.46. The van der Waals surface area contributed by atoms with Gasteiger partial charge in [-0.1, -0.05) is 0 Å². The monoisotopic (exact) mass is 297 g/mol. The summed E-state index contributed by atoms with van der Waals surface area (Å²) in [6.07, 6.45) is 4.64. The molecule has 110 valence electrons. The number of nitrogens with one attached hydrogen (secondary N) is 1.